The van der Waals surface area contributed by atoms with Crippen molar-refractivity contribution in [2.75, 3.05) is 24.8 Å². The molecule has 0 aliphatic rings. The van der Waals surface area contributed by atoms with Gasteiger partial charge in [0.15, 0.2) is 5.13 Å². The lowest BCUT2D eigenvalue weighted by atomic mass is 10.1. The third kappa shape index (κ3) is 4.58. The van der Waals surface area contributed by atoms with Crippen molar-refractivity contribution in [3.8, 4) is 0 Å². The molecule has 136 valence electrons. The number of nitrogens with two attached hydrogens (primary N) is 1. The van der Waals surface area contributed by atoms with E-state index in [1.807, 2.05) is 0 Å². The minimum Gasteiger partial charge on any atom is -0.382 e. The fourth-order valence-electron chi connectivity index (χ4n) is 1.92. The zero-order chi connectivity index (χ0) is 19.1. The van der Waals surface area contributed by atoms with Crippen molar-refractivity contribution in [1.82, 2.24) is 4.98 Å². The summed E-state index contributed by atoms with van der Waals surface area (Å²) < 4.78 is 32.5. The minimum absolute atomic E-state index is 0.0738. The number of halogens is 2. The van der Waals surface area contributed by atoms with Gasteiger partial charge in [-0.2, -0.15) is 0 Å². The second-order valence-electron chi connectivity index (χ2n) is 4.84. The number of hydrogen-bond donors (Lipinski definition) is 2. The number of anilines is 2. The molecule has 0 aliphatic carbocycles. The molecule has 1 heterocycles. The van der Waals surface area contributed by atoms with Crippen LogP contribution in [-0.2, 0) is 4.74 Å². The van der Waals surface area contributed by atoms with Crippen LogP contribution in [-0.4, -0.2) is 30.7 Å². The number of allylic oxidation sites excluding steroid dienone is 2. The van der Waals surface area contributed by atoms with Crippen LogP contribution in [0.25, 0.3) is 0 Å². The topological polar surface area (TPSA) is 89.6 Å². The van der Waals surface area contributed by atoms with Crippen molar-refractivity contribution in [2.24, 2.45) is 4.99 Å². The summed E-state index contributed by atoms with van der Waals surface area (Å²) in [4.78, 5) is 20.5. The Morgan fingerprint density at radius 3 is 2.77 bits per heavy atom. The van der Waals surface area contributed by atoms with E-state index in [9.17, 15) is 13.6 Å². The number of carbonyl (C=O) groups is 1. The van der Waals surface area contributed by atoms with E-state index in [1.54, 1.807) is 6.08 Å². The van der Waals surface area contributed by atoms with Crippen molar-refractivity contribution in [2.45, 2.75) is 0 Å². The van der Waals surface area contributed by atoms with E-state index < -0.39 is 23.0 Å². The number of methoxy groups -OCH3 is 1. The molecule has 0 saturated heterocycles. The molecule has 9 heteroatoms. The number of rotatable bonds is 8. The van der Waals surface area contributed by atoms with Crippen LogP contribution in [0.15, 0.2) is 47.7 Å². The Balaban J connectivity index is 2.29. The van der Waals surface area contributed by atoms with E-state index in [4.69, 9.17) is 10.5 Å². The van der Waals surface area contributed by atoms with Gasteiger partial charge in [-0.25, -0.2) is 18.8 Å². The van der Waals surface area contributed by atoms with Gasteiger partial charge in [-0.05, 0) is 18.2 Å². The second kappa shape index (κ2) is 8.97. The van der Waals surface area contributed by atoms with Crippen molar-refractivity contribution < 1.29 is 18.3 Å². The Hall–Kier alpha value is -2.91. The SMILES string of the molecule is C=C/C=C(\N=C/COC)Nc1nc(N)c(C(=O)c2c(F)cccc2F)s1. The number of carbonyl (C=O) groups excluding carboxylic acids is 1. The first kappa shape index (κ1) is 19.4. The number of hydrogen-bond acceptors (Lipinski definition) is 7. The van der Waals surface area contributed by atoms with Crippen LogP contribution in [0.1, 0.15) is 15.2 Å². The average molecular weight is 378 g/mol. The average Bonchev–Trinajstić information content (AvgIpc) is 2.95. The number of nitrogen functional groups attached to an aromatic ring is 1. The standard InChI is InChI=1S/C17H16F2N4O2S/c1-3-5-12(21-8-9-25-2)22-17-23-16(20)15(26-17)14(24)13-10(18)6-4-7-11(13)19/h3-8H,1,9,20H2,2H3,(H,22,23)/b12-5+,21-8-. The summed E-state index contributed by atoms with van der Waals surface area (Å²) in [6.45, 7) is 3.88. The van der Waals surface area contributed by atoms with Crippen LogP contribution in [0, 0.1) is 11.6 Å². The van der Waals surface area contributed by atoms with E-state index >= 15 is 0 Å². The Bertz CT molecular complexity index is 857. The molecule has 6 nitrogen and oxygen atoms in total. The third-order valence-corrected chi connectivity index (χ3v) is 4.02. The number of nitrogens with zero attached hydrogens (tertiary/aromatic N) is 2. The summed E-state index contributed by atoms with van der Waals surface area (Å²) in [5, 5.41) is 3.10. The highest BCUT2D eigenvalue weighted by molar-refractivity contribution is 7.18. The molecule has 0 atom stereocenters. The molecule has 0 unspecified atom stereocenters. The molecule has 0 spiro atoms. The van der Waals surface area contributed by atoms with Crippen molar-refractivity contribution >= 4 is 34.3 Å². The first-order valence-electron chi connectivity index (χ1n) is 7.34. The molecule has 0 saturated carbocycles. The van der Waals surface area contributed by atoms with Crippen LogP contribution in [0.2, 0.25) is 0 Å². The zero-order valence-electron chi connectivity index (χ0n) is 13.8. The van der Waals surface area contributed by atoms with Crippen molar-refractivity contribution in [1.29, 1.82) is 0 Å². The summed E-state index contributed by atoms with van der Waals surface area (Å²) >= 11 is 0.863. The highest BCUT2D eigenvalue weighted by atomic mass is 32.1. The highest BCUT2D eigenvalue weighted by Gasteiger charge is 2.24. The Morgan fingerprint density at radius 1 is 1.46 bits per heavy atom. The molecular formula is C17H16F2N4O2S. The molecule has 1 aromatic heterocycles. The highest BCUT2D eigenvalue weighted by Crippen LogP contribution is 2.29. The first-order valence-corrected chi connectivity index (χ1v) is 8.15. The molecule has 0 amide bonds. The smallest absolute Gasteiger partial charge is 0.212 e. The second-order valence-corrected chi connectivity index (χ2v) is 5.84. The lowest BCUT2D eigenvalue weighted by Gasteiger charge is -2.02. The predicted molar refractivity (Wildman–Crippen MR) is 98.6 cm³/mol. The summed E-state index contributed by atoms with van der Waals surface area (Å²) in [5.41, 5.74) is 5.07. The fourth-order valence-corrected chi connectivity index (χ4v) is 2.76. The summed E-state index contributed by atoms with van der Waals surface area (Å²) in [7, 11) is 1.53. The van der Waals surface area contributed by atoms with Gasteiger partial charge in [0.25, 0.3) is 0 Å². The largest absolute Gasteiger partial charge is 0.382 e. The van der Waals surface area contributed by atoms with Gasteiger partial charge in [0.1, 0.15) is 28.2 Å². The summed E-state index contributed by atoms with van der Waals surface area (Å²) in [6, 6.07) is 3.18. The maximum Gasteiger partial charge on any atom is 0.212 e. The Labute approximate surface area is 152 Å². The lowest BCUT2D eigenvalue weighted by Crippen LogP contribution is -2.07. The van der Waals surface area contributed by atoms with Gasteiger partial charge in [-0.15, -0.1) is 0 Å². The van der Waals surface area contributed by atoms with E-state index in [0.29, 0.717) is 12.4 Å². The van der Waals surface area contributed by atoms with Gasteiger partial charge in [0, 0.05) is 13.3 Å². The van der Waals surface area contributed by atoms with E-state index in [-0.39, 0.29) is 15.8 Å². The van der Waals surface area contributed by atoms with Gasteiger partial charge in [0.05, 0.1) is 12.2 Å². The van der Waals surface area contributed by atoms with Gasteiger partial charge in [0.2, 0.25) is 5.78 Å². The number of ether oxygens (including phenoxy) is 1. The van der Waals surface area contributed by atoms with Crippen LogP contribution in [0.3, 0.4) is 0 Å². The normalized spacial score (nSPS) is 11.7. The fraction of sp³-hybridized carbons (Fsp3) is 0.118. The minimum atomic E-state index is -0.964. The van der Waals surface area contributed by atoms with Gasteiger partial charge >= 0.3 is 0 Å². The Morgan fingerprint density at radius 2 is 2.15 bits per heavy atom. The number of benzene rings is 1. The van der Waals surface area contributed by atoms with Crippen LogP contribution in [0.4, 0.5) is 19.7 Å². The lowest BCUT2D eigenvalue weighted by molar-refractivity contribution is 0.103. The van der Waals surface area contributed by atoms with Crippen LogP contribution in [0.5, 0.6) is 0 Å². The number of aliphatic imine (C=N–C) groups is 1. The number of aromatic nitrogens is 1. The molecule has 2 aromatic rings. The first-order chi connectivity index (χ1) is 12.5. The van der Waals surface area contributed by atoms with E-state index in [0.717, 1.165) is 23.5 Å². The maximum absolute atomic E-state index is 13.8. The van der Waals surface area contributed by atoms with Gasteiger partial charge < -0.3 is 15.8 Å². The molecule has 0 aliphatic heterocycles. The third-order valence-electron chi connectivity index (χ3n) is 3.03. The quantitative estimate of drug-likeness (QED) is 0.417. The summed E-state index contributed by atoms with van der Waals surface area (Å²) in [6.07, 6.45) is 4.59. The molecule has 3 N–H and O–H groups in total. The molecule has 0 fully saturated rings. The maximum atomic E-state index is 13.8. The van der Waals surface area contributed by atoms with E-state index in [2.05, 4.69) is 21.9 Å². The van der Waals surface area contributed by atoms with Crippen molar-refractivity contribution in [3.05, 3.63) is 64.8 Å². The van der Waals surface area contributed by atoms with Crippen LogP contribution < -0.4 is 11.1 Å². The number of thiazole rings is 1. The van der Waals surface area contributed by atoms with Crippen LogP contribution >= 0.6 is 11.3 Å². The summed E-state index contributed by atoms with van der Waals surface area (Å²) in [5.74, 6) is -2.56. The molecule has 0 bridgehead atoms. The number of nitrogens with one attached hydrogen (secondary N) is 1. The number of ketones is 1. The van der Waals surface area contributed by atoms with Crippen molar-refractivity contribution in [3.63, 3.8) is 0 Å². The van der Waals surface area contributed by atoms with Gasteiger partial charge in [-0.1, -0.05) is 30.1 Å². The van der Waals surface area contributed by atoms with Gasteiger partial charge in [-0.3, -0.25) is 4.79 Å². The molecule has 0 radical (unpaired) electrons. The van der Waals surface area contributed by atoms with E-state index in [1.165, 1.54) is 25.5 Å². The molecule has 26 heavy (non-hydrogen) atoms. The molecular weight excluding hydrogens is 362 g/mol. The Kier molecular flexibility index (Phi) is 6.70. The molecule has 1 aromatic carbocycles. The monoisotopic (exact) mass is 378 g/mol. The predicted octanol–water partition coefficient (Wildman–Crippen LogP) is 3.39. The molecule has 2 rings (SSSR count). The zero-order valence-corrected chi connectivity index (χ0v) is 14.6.